The van der Waals surface area contributed by atoms with Crippen molar-refractivity contribution in [1.82, 2.24) is 0 Å². The second-order valence-corrected chi connectivity index (χ2v) is 13.5. The van der Waals surface area contributed by atoms with E-state index in [1.165, 1.54) is 36.4 Å². The van der Waals surface area contributed by atoms with Crippen molar-refractivity contribution in [2.75, 3.05) is 0 Å². The highest BCUT2D eigenvalue weighted by Crippen LogP contribution is 2.40. The molecule has 0 saturated carbocycles. The van der Waals surface area contributed by atoms with Gasteiger partial charge in [-0.1, -0.05) is 72.8 Å². The summed E-state index contributed by atoms with van der Waals surface area (Å²) in [4.78, 5) is 13.2. The Bertz CT molecular complexity index is 1430. The summed E-state index contributed by atoms with van der Waals surface area (Å²) >= 11 is 0. The minimum Gasteiger partial charge on any atom is -0.368 e. The molecule has 3 aromatic rings. The zero-order valence-electron chi connectivity index (χ0n) is 19.4. The van der Waals surface area contributed by atoms with Gasteiger partial charge in [0.2, 0.25) is 36.0 Å². The maximum atomic E-state index is 13.2. The molecule has 0 aliphatic carbocycles. The fraction of sp³-hybridized carbons (Fsp3) is 0.174. The van der Waals surface area contributed by atoms with Gasteiger partial charge in [0.05, 0.1) is 17.3 Å². The first-order chi connectivity index (χ1) is 17.0. The number of primary amides is 1. The fourth-order valence-electron chi connectivity index (χ4n) is 4.18. The van der Waals surface area contributed by atoms with Gasteiger partial charge in [-0.05, 0) is 33.4 Å². The Hall–Kier alpha value is -3.14. The number of hydrogen-bond donors (Lipinski definition) is 4. The molecule has 3 aromatic carbocycles. The molecule has 37 heavy (non-hydrogen) atoms. The van der Waals surface area contributed by atoms with E-state index in [1.54, 1.807) is 36.4 Å². The van der Waals surface area contributed by atoms with Gasteiger partial charge >= 0.3 is 0 Å². The van der Waals surface area contributed by atoms with Crippen molar-refractivity contribution in [3.05, 3.63) is 106 Å². The van der Waals surface area contributed by atoms with E-state index >= 15 is 0 Å². The van der Waals surface area contributed by atoms with Crippen LogP contribution in [-0.4, -0.2) is 31.2 Å². The van der Waals surface area contributed by atoms with Crippen molar-refractivity contribution in [3.8, 4) is 0 Å². The van der Waals surface area contributed by atoms with E-state index in [0.717, 1.165) is 0 Å². The van der Waals surface area contributed by atoms with Crippen LogP contribution in [0, 0.1) is 0 Å². The Morgan fingerprint density at radius 2 is 0.730 bits per heavy atom. The third-order valence-corrected chi connectivity index (χ3v) is 7.84. The van der Waals surface area contributed by atoms with E-state index in [9.17, 15) is 30.0 Å². The summed E-state index contributed by atoms with van der Waals surface area (Å²) in [6, 6.07) is 18.3. The van der Waals surface area contributed by atoms with Gasteiger partial charge in [-0.25, -0.2) is 40.7 Å². The second kappa shape index (κ2) is 10.3. The van der Waals surface area contributed by atoms with Gasteiger partial charge in [0.25, 0.3) is 0 Å². The number of carbonyl (C=O) groups is 1. The van der Waals surface area contributed by atoms with E-state index in [-0.39, 0.29) is 0 Å². The first-order valence-electron chi connectivity index (χ1n) is 10.6. The quantitative estimate of drug-likeness (QED) is 0.243. The Morgan fingerprint density at radius 1 is 0.514 bits per heavy atom. The van der Waals surface area contributed by atoms with Crippen LogP contribution in [0.25, 0.3) is 0 Å². The van der Waals surface area contributed by atoms with Crippen LogP contribution in [0.4, 0.5) is 0 Å². The number of rotatable bonds is 10. The summed E-state index contributed by atoms with van der Waals surface area (Å²) in [5, 5.41) is 15.4. The summed E-state index contributed by atoms with van der Waals surface area (Å²) in [7, 11) is -11.4. The molecular formula is C23H26N4O7S3. The summed E-state index contributed by atoms with van der Waals surface area (Å²) in [5.74, 6) is -2.03. The molecule has 0 saturated heterocycles. The largest absolute Gasteiger partial charge is 0.368 e. The number of sulfonamides is 3. The molecule has 198 valence electrons. The fourth-order valence-corrected chi connectivity index (χ4v) is 6.15. The van der Waals surface area contributed by atoms with E-state index in [2.05, 4.69) is 0 Å². The van der Waals surface area contributed by atoms with Crippen molar-refractivity contribution in [1.29, 1.82) is 0 Å². The van der Waals surface area contributed by atoms with Crippen molar-refractivity contribution in [2.24, 2.45) is 21.2 Å². The molecule has 0 aliphatic heterocycles. The Morgan fingerprint density at radius 3 is 0.892 bits per heavy atom. The third-order valence-electron chi connectivity index (χ3n) is 5.63. The lowest BCUT2D eigenvalue weighted by atomic mass is 9.68. The average Bonchev–Trinajstić information content (AvgIpc) is 2.74. The Labute approximate surface area is 215 Å². The van der Waals surface area contributed by atoms with Crippen LogP contribution < -0.4 is 21.2 Å². The second-order valence-electron chi connectivity index (χ2n) is 8.63. The number of benzene rings is 3. The summed E-state index contributed by atoms with van der Waals surface area (Å²) in [6.07, 6.45) is 0. The molecule has 0 bridgehead atoms. The number of nitrogens with two attached hydrogens (primary N) is 4. The molecule has 0 aromatic heterocycles. The van der Waals surface area contributed by atoms with Gasteiger partial charge in [-0.3, -0.25) is 4.79 Å². The molecule has 0 aliphatic rings. The SMILES string of the molecule is NC(=O)C(c1ccc(CS(N)(=O)=O)cc1)(c1ccc(CS(N)(=O)=O)cc1)c1ccc(CS(N)(=O)=O)cc1. The highest BCUT2D eigenvalue weighted by atomic mass is 32.2. The van der Waals surface area contributed by atoms with E-state index in [4.69, 9.17) is 21.2 Å². The van der Waals surface area contributed by atoms with Gasteiger partial charge in [0, 0.05) is 0 Å². The highest BCUT2D eigenvalue weighted by molar-refractivity contribution is 7.88. The lowest BCUT2D eigenvalue weighted by molar-refractivity contribution is -0.120. The lowest BCUT2D eigenvalue weighted by Gasteiger charge is -2.33. The Kier molecular flexibility index (Phi) is 7.93. The summed E-state index contributed by atoms with van der Waals surface area (Å²) < 4.78 is 69.0. The van der Waals surface area contributed by atoms with Crippen molar-refractivity contribution < 1.29 is 30.0 Å². The molecule has 0 unspecified atom stereocenters. The van der Waals surface area contributed by atoms with Gasteiger partial charge in [-0.15, -0.1) is 0 Å². The Balaban J connectivity index is 2.22. The zero-order valence-corrected chi connectivity index (χ0v) is 21.9. The van der Waals surface area contributed by atoms with E-state index in [0.29, 0.717) is 33.4 Å². The van der Waals surface area contributed by atoms with Gasteiger partial charge in [0.15, 0.2) is 0 Å². The molecule has 0 radical (unpaired) electrons. The molecule has 14 heteroatoms. The smallest absolute Gasteiger partial charge is 0.237 e. The van der Waals surface area contributed by atoms with Crippen molar-refractivity contribution in [3.63, 3.8) is 0 Å². The summed E-state index contributed by atoms with van der Waals surface area (Å²) in [6.45, 7) is 0. The van der Waals surface area contributed by atoms with Gasteiger partial charge in [0.1, 0.15) is 5.41 Å². The molecule has 11 nitrogen and oxygen atoms in total. The number of hydrogen-bond acceptors (Lipinski definition) is 7. The topological polar surface area (TPSA) is 224 Å². The monoisotopic (exact) mass is 566 g/mol. The van der Waals surface area contributed by atoms with E-state index in [1.807, 2.05) is 0 Å². The van der Waals surface area contributed by atoms with Crippen molar-refractivity contribution in [2.45, 2.75) is 22.7 Å². The predicted molar refractivity (Wildman–Crippen MR) is 139 cm³/mol. The molecule has 8 N–H and O–H groups in total. The summed E-state index contributed by atoms with van der Waals surface area (Å²) in [5.41, 5.74) is 6.70. The normalized spacial score (nSPS) is 12.8. The highest BCUT2D eigenvalue weighted by Gasteiger charge is 2.42. The number of carbonyl (C=O) groups excluding carboxylic acids is 1. The standard InChI is InChI=1S/C23H26N4O7S3/c24-22(28)23(19-7-1-16(2-8-19)13-35(25,29)30,20-9-3-17(4-10-20)14-36(26,31)32)21-11-5-18(6-12-21)15-37(27,33)34/h1-12H,13-15H2,(H2,24,28)(H2,25,29,30)(H2,26,31,32)(H2,27,33,34). The molecule has 3 rings (SSSR count). The average molecular weight is 567 g/mol. The maximum Gasteiger partial charge on any atom is 0.237 e. The maximum absolute atomic E-state index is 13.2. The number of amides is 1. The minimum absolute atomic E-state index is 0.386. The first kappa shape index (κ1) is 28.4. The van der Waals surface area contributed by atoms with Gasteiger partial charge < -0.3 is 5.73 Å². The van der Waals surface area contributed by atoms with Crippen LogP contribution in [-0.2, 0) is 57.5 Å². The molecule has 0 fully saturated rings. The van der Waals surface area contributed by atoms with Crippen LogP contribution >= 0.6 is 0 Å². The van der Waals surface area contributed by atoms with Crippen molar-refractivity contribution >= 4 is 36.0 Å². The lowest BCUT2D eigenvalue weighted by Crippen LogP contribution is -2.43. The van der Waals surface area contributed by atoms with Crippen LogP contribution in [0.3, 0.4) is 0 Å². The minimum atomic E-state index is -3.80. The molecule has 1 amide bonds. The van der Waals surface area contributed by atoms with Crippen LogP contribution in [0.2, 0.25) is 0 Å². The molecular weight excluding hydrogens is 540 g/mol. The zero-order chi connectivity index (χ0) is 27.6. The molecule has 0 atom stereocenters. The predicted octanol–water partition coefficient (Wildman–Crippen LogP) is -0.128. The first-order valence-corrected chi connectivity index (χ1v) is 15.7. The van der Waals surface area contributed by atoms with Crippen LogP contribution in [0.15, 0.2) is 72.8 Å². The third kappa shape index (κ3) is 7.21. The number of primary sulfonamides is 3. The molecule has 0 heterocycles. The van der Waals surface area contributed by atoms with E-state index < -0.39 is 58.7 Å². The molecule has 0 spiro atoms. The van der Waals surface area contributed by atoms with Crippen LogP contribution in [0.1, 0.15) is 33.4 Å². The van der Waals surface area contributed by atoms with Gasteiger partial charge in [-0.2, -0.15) is 0 Å². The van der Waals surface area contributed by atoms with Crippen LogP contribution in [0.5, 0.6) is 0 Å².